The van der Waals surface area contributed by atoms with E-state index in [1.165, 1.54) is 38.6 Å². The Hall–Kier alpha value is -7.36. The van der Waals surface area contributed by atoms with Gasteiger partial charge >= 0.3 is 0 Å². The number of nitrogens with one attached hydrogen (secondary N) is 1. The molecule has 8 aromatic carbocycles. The van der Waals surface area contributed by atoms with Crippen molar-refractivity contribution in [2.75, 3.05) is 5.32 Å². The smallest absolute Gasteiger partial charge is 0.145 e. The first-order valence-corrected chi connectivity index (χ1v) is 19.9. The van der Waals surface area contributed by atoms with Crippen LogP contribution in [0.2, 0.25) is 0 Å². The van der Waals surface area contributed by atoms with E-state index in [0.29, 0.717) is 0 Å². The van der Waals surface area contributed by atoms with Gasteiger partial charge < -0.3 is 14.2 Å². The second-order valence-corrected chi connectivity index (χ2v) is 15.4. The van der Waals surface area contributed by atoms with Crippen LogP contribution >= 0.6 is 0 Å². The van der Waals surface area contributed by atoms with E-state index < -0.39 is 5.41 Å². The summed E-state index contributed by atoms with van der Waals surface area (Å²) in [6.45, 7) is 8.84. The largest absolute Gasteiger partial charge is 0.455 e. The van der Waals surface area contributed by atoms with Crippen molar-refractivity contribution < 1.29 is 8.83 Å². The third-order valence-corrected chi connectivity index (χ3v) is 12.2. The third kappa shape index (κ3) is 4.93. The lowest BCUT2D eigenvalue weighted by atomic mass is 9.67. The Morgan fingerprint density at radius 2 is 1.17 bits per heavy atom. The van der Waals surface area contributed by atoms with Gasteiger partial charge in [-0.05, 0) is 93.9 Å². The van der Waals surface area contributed by atoms with Crippen LogP contribution in [0.5, 0.6) is 0 Å². The third-order valence-electron chi connectivity index (χ3n) is 12.2. The summed E-state index contributed by atoms with van der Waals surface area (Å²) in [5.41, 5.74) is 14.8. The van der Waals surface area contributed by atoms with Crippen molar-refractivity contribution in [2.24, 2.45) is 0 Å². The van der Waals surface area contributed by atoms with Gasteiger partial charge in [-0.15, -0.1) is 0 Å². The Kier molecular flexibility index (Phi) is 7.67. The number of anilines is 2. The van der Waals surface area contributed by atoms with Gasteiger partial charge in [-0.1, -0.05) is 158 Å². The van der Waals surface area contributed by atoms with Crippen LogP contribution in [0.15, 0.2) is 203 Å². The number of hydrogen-bond acceptors (Lipinski definition) is 3. The Labute approximate surface area is 337 Å². The van der Waals surface area contributed by atoms with Crippen LogP contribution in [-0.2, 0) is 5.41 Å². The van der Waals surface area contributed by atoms with Gasteiger partial charge in [0.15, 0.2) is 0 Å². The first-order chi connectivity index (χ1) is 28.5. The van der Waals surface area contributed by atoms with E-state index in [1.54, 1.807) is 0 Å². The molecule has 0 saturated carbocycles. The predicted octanol–water partition coefficient (Wildman–Crippen LogP) is 15.1. The lowest BCUT2D eigenvalue weighted by Gasteiger charge is -2.35. The maximum absolute atomic E-state index is 7.09. The van der Waals surface area contributed by atoms with Crippen LogP contribution in [0.4, 0.5) is 11.4 Å². The number of benzene rings is 8. The molecular weight excluding hydrogens is 707 g/mol. The maximum atomic E-state index is 7.09. The molecule has 276 valence electrons. The fourth-order valence-electron chi connectivity index (χ4n) is 9.70. The highest BCUT2D eigenvalue weighted by atomic mass is 16.3. The SMILES string of the molecule is C=C(C)c1c(C2=C(C)C(c3ccccc3)(c3ccccc3)c3cc(Nc4ccc(-c5cccc6ccccc56)cc4)c4c(oc5ccccc54)c32)oc2ccccc12. The monoisotopic (exact) mass is 745 g/mol. The summed E-state index contributed by atoms with van der Waals surface area (Å²) in [5, 5.41) is 9.52. The summed E-state index contributed by atoms with van der Waals surface area (Å²) < 4.78 is 14.1. The molecule has 10 aromatic rings. The van der Waals surface area contributed by atoms with Crippen LogP contribution in [0.1, 0.15) is 47.4 Å². The molecule has 1 aliphatic rings. The fraction of sp³-hybridized carbons (Fsp3) is 0.0545. The summed E-state index contributed by atoms with van der Waals surface area (Å²) in [4.78, 5) is 0. The zero-order chi connectivity index (χ0) is 39.0. The molecule has 3 heteroatoms. The van der Waals surface area contributed by atoms with Crippen molar-refractivity contribution in [3.8, 4) is 11.1 Å². The molecule has 2 aromatic heterocycles. The van der Waals surface area contributed by atoms with E-state index in [1.807, 2.05) is 18.2 Å². The van der Waals surface area contributed by atoms with Crippen LogP contribution in [0, 0.1) is 0 Å². The number of allylic oxidation sites excluding steroid dienone is 2. The normalized spacial score (nSPS) is 13.5. The number of fused-ring (bicyclic) bond motifs is 7. The van der Waals surface area contributed by atoms with Gasteiger partial charge in [0.25, 0.3) is 0 Å². The van der Waals surface area contributed by atoms with Gasteiger partial charge in [0.1, 0.15) is 22.5 Å². The molecule has 0 saturated heterocycles. The molecule has 0 atom stereocenters. The molecular formula is C55H39NO2. The van der Waals surface area contributed by atoms with Crippen molar-refractivity contribution in [1.29, 1.82) is 0 Å². The molecule has 1 N–H and O–H groups in total. The van der Waals surface area contributed by atoms with Crippen LogP contribution in [0.25, 0.3) is 66.0 Å². The van der Waals surface area contributed by atoms with E-state index in [9.17, 15) is 0 Å². The minimum absolute atomic E-state index is 0.680. The Morgan fingerprint density at radius 1 is 0.586 bits per heavy atom. The van der Waals surface area contributed by atoms with Crippen LogP contribution in [-0.4, -0.2) is 0 Å². The average Bonchev–Trinajstić information content (AvgIpc) is 3.93. The molecule has 2 heterocycles. The summed E-state index contributed by atoms with van der Waals surface area (Å²) in [5.74, 6) is 0.813. The summed E-state index contributed by atoms with van der Waals surface area (Å²) >= 11 is 0. The molecule has 0 unspecified atom stereocenters. The zero-order valence-corrected chi connectivity index (χ0v) is 32.3. The van der Waals surface area contributed by atoms with E-state index in [0.717, 1.165) is 77.9 Å². The summed E-state index contributed by atoms with van der Waals surface area (Å²) in [7, 11) is 0. The van der Waals surface area contributed by atoms with Gasteiger partial charge in [0.2, 0.25) is 0 Å². The summed E-state index contributed by atoms with van der Waals surface area (Å²) in [6, 6.07) is 64.6. The molecule has 0 amide bonds. The van der Waals surface area contributed by atoms with Gasteiger partial charge in [-0.2, -0.15) is 0 Å². The number of hydrogen-bond donors (Lipinski definition) is 1. The van der Waals surface area contributed by atoms with Crippen molar-refractivity contribution in [3.05, 3.63) is 228 Å². The topological polar surface area (TPSA) is 38.3 Å². The molecule has 3 nitrogen and oxygen atoms in total. The van der Waals surface area contributed by atoms with Crippen LogP contribution in [0.3, 0.4) is 0 Å². The standard InChI is InChI=1S/C55H39NO2/c1-34(2)49-43-24-12-14-27-47(43)57-53(49)50-35(3)55(38-19-6-4-7-20-38,39-21-8-5-9-22-39)45-33-46(51-44-25-13-15-28-48(44)58-54(51)52(45)50)56-40-31-29-37(30-32-40)42-26-16-18-36-17-10-11-23-41(36)42/h4-33,56H,1H2,2-3H3. The quantitative estimate of drug-likeness (QED) is 0.177. The lowest BCUT2D eigenvalue weighted by molar-refractivity contribution is 0.597. The van der Waals surface area contributed by atoms with Crippen molar-refractivity contribution >= 4 is 66.2 Å². The first kappa shape index (κ1) is 33.9. The first-order valence-electron chi connectivity index (χ1n) is 19.9. The molecule has 0 radical (unpaired) electrons. The molecule has 0 aliphatic heterocycles. The minimum atomic E-state index is -0.680. The highest BCUT2D eigenvalue weighted by Gasteiger charge is 2.49. The van der Waals surface area contributed by atoms with Gasteiger partial charge in [0.05, 0.1) is 16.5 Å². The second-order valence-electron chi connectivity index (χ2n) is 15.4. The Morgan fingerprint density at radius 3 is 1.86 bits per heavy atom. The van der Waals surface area contributed by atoms with Crippen molar-refractivity contribution in [2.45, 2.75) is 19.3 Å². The molecule has 1 aliphatic carbocycles. The molecule has 0 fully saturated rings. The van der Waals surface area contributed by atoms with Crippen LogP contribution < -0.4 is 5.32 Å². The van der Waals surface area contributed by atoms with E-state index >= 15 is 0 Å². The van der Waals surface area contributed by atoms with Gasteiger partial charge in [-0.25, -0.2) is 0 Å². The molecule has 11 rings (SSSR count). The highest BCUT2D eigenvalue weighted by Crippen LogP contribution is 2.60. The van der Waals surface area contributed by atoms with E-state index in [2.05, 4.69) is 190 Å². The average molecular weight is 746 g/mol. The molecule has 58 heavy (non-hydrogen) atoms. The van der Waals surface area contributed by atoms with Crippen molar-refractivity contribution in [3.63, 3.8) is 0 Å². The maximum Gasteiger partial charge on any atom is 0.145 e. The zero-order valence-electron chi connectivity index (χ0n) is 32.3. The van der Waals surface area contributed by atoms with E-state index in [-0.39, 0.29) is 0 Å². The number of furan rings is 2. The highest BCUT2D eigenvalue weighted by molar-refractivity contribution is 6.18. The Bertz CT molecular complexity index is 3230. The second kappa shape index (κ2) is 13.1. The molecule has 0 bridgehead atoms. The van der Waals surface area contributed by atoms with E-state index in [4.69, 9.17) is 8.83 Å². The number of rotatable bonds is 7. The lowest BCUT2D eigenvalue weighted by Crippen LogP contribution is -2.29. The Balaban J connectivity index is 1.21. The number of para-hydroxylation sites is 2. The minimum Gasteiger partial charge on any atom is -0.455 e. The summed E-state index contributed by atoms with van der Waals surface area (Å²) in [6.07, 6.45) is 0. The van der Waals surface area contributed by atoms with Gasteiger partial charge in [0, 0.05) is 33.2 Å². The molecule has 0 spiro atoms. The van der Waals surface area contributed by atoms with Crippen molar-refractivity contribution in [1.82, 2.24) is 0 Å². The fourth-order valence-corrected chi connectivity index (χ4v) is 9.70. The predicted molar refractivity (Wildman–Crippen MR) is 242 cm³/mol. The van der Waals surface area contributed by atoms with Gasteiger partial charge in [-0.3, -0.25) is 0 Å².